The number of carboxylic acid groups (broad SMARTS) is 1. The van der Waals surface area contributed by atoms with Crippen molar-refractivity contribution in [3.8, 4) is 0 Å². The van der Waals surface area contributed by atoms with Crippen LogP contribution in [0.3, 0.4) is 0 Å². The lowest BCUT2D eigenvalue weighted by molar-refractivity contribution is -0.312. The number of carboxylic acids is 1. The molecule has 0 N–H and O–H groups in total. The van der Waals surface area contributed by atoms with Crippen LogP contribution < -0.4 is 5.11 Å². The molecule has 1 rings (SSSR count). The van der Waals surface area contributed by atoms with Crippen LogP contribution in [0.1, 0.15) is 41.5 Å². The molecule has 0 radical (unpaired) electrons. The number of carbonyl (C=O) groups is 3. The topological polar surface area (TPSA) is 99.2 Å². The van der Waals surface area contributed by atoms with Gasteiger partial charge >= 0.3 is 12.2 Å². The lowest BCUT2D eigenvalue weighted by atomic mass is 10.1. The van der Waals surface area contributed by atoms with Crippen molar-refractivity contribution in [2.24, 2.45) is 0 Å². The highest BCUT2D eigenvalue weighted by Crippen LogP contribution is 2.18. The molecular formula is C15H25N2O6-. The second-order valence-electron chi connectivity index (χ2n) is 7.43. The highest BCUT2D eigenvalue weighted by Gasteiger charge is 2.36. The van der Waals surface area contributed by atoms with E-state index in [1.807, 2.05) is 0 Å². The van der Waals surface area contributed by atoms with Gasteiger partial charge < -0.3 is 24.3 Å². The summed E-state index contributed by atoms with van der Waals surface area (Å²) in [5, 5.41) is 11.3. The van der Waals surface area contributed by atoms with Crippen LogP contribution in [0.2, 0.25) is 0 Å². The van der Waals surface area contributed by atoms with Gasteiger partial charge in [0.2, 0.25) is 0 Å². The third kappa shape index (κ3) is 5.96. The molecule has 0 unspecified atom stereocenters. The summed E-state index contributed by atoms with van der Waals surface area (Å²) in [6.07, 6.45) is -1.36. The number of aliphatic carboxylic acids is 1. The Balaban J connectivity index is 2.80. The Morgan fingerprint density at radius 1 is 0.913 bits per heavy atom. The predicted molar refractivity (Wildman–Crippen MR) is 79.5 cm³/mol. The quantitative estimate of drug-likeness (QED) is 0.698. The Labute approximate surface area is 136 Å². The smallest absolute Gasteiger partial charge is 0.410 e. The van der Waals surface area contributed by atoms with E-state index in [9.17, 15) is 19.5 Å². The molecule has 8 heteroatoms. The molecule has 8 nitrogen and oxygen atoms in total. The van der Waals surface area contributed by atoms with Crippen LogP contribution in [-0.2, 0) is 14.3 Å². The third-order valence-electron chi connectivity index (χ3n) is 2.93. The van der Waals surface area contributed by atoms with E-state index in [0.29, 0.717) is 0 Å². The zero-order valence-electron chi connectivity index (χ0n) is 14.5. The predicted octanol–water partition coefficient (Wildman–Crippen LogP) is 0.593. The molecule has 1 saturated heterocycles. The standard InChI is InChI=1S/C15H26N2O6/c1-14(2,3)22-12(20)16-7-8-17(10(9-16)11(18)19)13(21)23-15(4,5)6/h10H,7-9H2,1-6H3,(H,18,19)/p-1/t10-/m0/s1. The molecule has 0 aromatic carbocycles. The first-order chi connectivity index (χ1) is 10.3. The number of carbonyl (C=O) groups excluding carboxylic acids is 3. The summed E-state index contributed by atoms with van der Waals surface area (Å²) in [6.45, 7) is 10.2. The van der Waals surface area contributed by atoms with Crippen LogP contribution in [-0.4, -0.2) is 64.8 Å². The van der Waals surface area contributed by atoms with E-state index in [2.05, 4.69) is 0 Å². The number of nitrogens with zero attached hydrogens (tertiary/aromatic N) is 2. The fourth-order valence-electron chi connectivity index (χ4n) is 2.02. The van der Waals surface area contributed by atoms with E-state index in [1.165, 1.54) is 4.90 Å². The van der Waals surface area contributed by atoms with Crippen molar-refractivity contribution < 1.29 is 29.0 Å². The van der Waals surface area contributed by atoms with Gasteiger partial charge in [0.25, 0.3) is 0 Å². The highest BCUT2D eigenvalue weighted by atomic mass is 16.6. The van der Waals surface area contributed by atoms with Gasteiger partial charge in [-0.1, -0.05) is 0 Å². The highest BCUT2D eigenvalue weighted by molar-refractivity contribution is 5.80. The molecule has 1 fully saturated rings. The fraction of sp³-hybridized carbons (Fsp3) is 0.800. The second kappa shape index (κ2) is 6.64. The molecule has 132 valence electrons. The van der Waals surface area contributed by atoms with Crippen molar-refractivity contribution in [3.05, 3.63) is 0 Å². The minimum absolute atomic E-state index is 0.0345. The first kappa shape index (κ1) is 19.1. The second-order valence-corrected chi connectivity index (χ2v) is 7.43. The van der Waals surface area contributed by atoms with Crippen LogP contribution in [0.5, 0.6) is 0 Å². The van der Waals surface area contributed by atoms with Crippen LogP contribution in [0, 0.1) is 0 Å². The Morgan fingerprint density at radius 3 is 1.83 bits per heavy atom. The molecule has 1 aliphatic rings. The normalized spacial score (nSPS) is 19.3. The zero-order valence-corrected chi connectivity index (χ0v) is 14.5. The van der Waals surface area contributed by atoms with Gasteiger partial charge in [0, 0.05) is 13.1 Å². The maximum atomic E-state index is 12.1. The first-order valence-corrected chi connectivity index (χ1v) is 7.48. The molecule has 0 aromatic rings. The van der Waals surface area contributed by atoms with E-state index < -0.39 is 35.4 Å². The van der Waals surface area contributed by atoms with Crippen LogP contribution >= 0.6 is 0 Å². The first-order valence-electron chi connectivity index (χ1n) is 7.48. The summed E-state index contributed by atoms with van der Waals surface area (Å²) in [7, 11) is 0. The van der Waals surface area contributed by atoms with Crippen molar-refractivity contribution in [1.82, 2.24) is 9.80 Å². The summed E-state index contributed by atoms with van der Waals surface area (Å²) in [5.74, 6) is -1.44. The minimum atomic E-state index is -1.44. The van der Waals surface area contributed by atoms with Crippen molar-refractivity contribution >= 4 is 18.2 Å². The summed E-state index contributed by atoms with van der Waals surface area (Å²) >= 11 is 0. The Kier molecular flexibility index (Phi) is 5.50. The molecule has 2 amide bonds. The number of hydrogen-bond donors (Lipinski definition) is 0. The van der Waals surface area contributed by atoms with Crippen LogP contribution in [0.4, 0.5) is 9.59 Å². The SMILES string of the molecule is CC(C)(C)OC(=O)N1CCN(C(=O)OC(C)(C)C)[C@H](C(=O)[O-])C1. The van der Waals surface area contributed by atoms with Gasteiger partial charge in [0.15, 0.2) is 0 Å². The molecule has 0 bridgehead atoms. The lowest BCUT2D eigenvalue weighted by Crippen LogP contribution is -2.63. The van der Waals surface area contributed by atoms with Gasteiger partial charge in [-0.2, -0.15) is 0 Å². The number of piperazine rings is 1. The molecule has 1 atom stereocenters. The van der Waals surface area contributed by atoms with E-state index in [0.717, 1.165) is 4.90 Å². The maximum Gasteiger partial charge on any atom is 0.410 e. The Bertz CT molecular complexity index is 477. The molecule has 0 saturated carbocycles. The average molecular weight is 329 g/mol. The van der Waals surface area contributed by atoms with E-state index in [1.54, 1.807) is 41.5 Å². The van der Waals surface area contributed by atoms with Gasteiger partial charge in [-0.05, 0) is 41.5 Å². The number of hydrogen-bond acceptors (Lipinski definition) is 6. The van der Waals surface area contributed by atoms with Crippen molar-refractivity contribution in [3.63, 3.8) is 0 Å². The van der Waals surface area contributed by atoms with Gasteiger partial charge in [0.1, 0.15) is 11.2 Å². The molecule has 0 aromatic heterocycles. The van der Waals surface area contributed by atoms with Crippen LogP contribution in [0.25, 0.3) is 0 Å². The van der Waals surface area contributed by atoms with Gasteiger partial charge in [-0.15, -0.1) is 0 Å². The maximum absolute atomic E-state index is 12.1. The number of amides is 2. The average Bonchev–Trinajstić information content (AvgIpc) is 2.33. The molecule has 0 spiro atoms. The summed E-state index contributed by atoms with van der Waals surface area (Å²) in [6, 6.07) is -1.27. The van der Waals surface area contributed by atoms with Gasteiger partial charge in [0.05, 0.1) is 18.6 Å². The Hall–Kier alpha value is -1.99. The van der Waals surface area contributed by atoms with E-state index >= 15 is 0 Å². The monoisotopic (exact) mass is 329 g/mol. The molecule has 1 aliphatic heterocycles. The van der Waals surface area contributed by atoms with Crippen LogP contribution in [0.15, 0.2) is 0 Å². The van der Waals surface area contributed by atoms with Crippen molar-refractivity contribution in [1.29, 1.82) is 0 Å². The van der Waals surface area contributed by atoms with Gasteiger partial charge in [-0.25, -0.2) is 9.59 Å². The minimum Gasteiger partial charge on any atom is -0.548 e. The summed E-state index contributed by atoms with van der Waals surface area (Å²) < 4.78 is 10.4. The van der Waals surface area contributed by atoms with Gasteiger partial charge in [-0.3, -0.25) is 4.90 Å². The molecule has 1 heterocycles. The summed E-state index contributed by atoms with van der Waals surface area (Å²) in [5.41, 5.74) is -1.42. The number of rotatable bonds is 1. The zero-order chi connectivity index (χ0) is 18.0. The fourth-order valence-corrected chi connectivity index (χ4v) is 2.02. The van der Waals surface area contributed by atoms with Crippen molar-refractivity contribution in [2.45, 2.75) is 58.8 Å². The van der Waals surface area contributed by atoms with E-state index in [-0.39, 0.29) is 19.6 Å². The molecule has 0 aliphatic carbocycles. The number of ether oxygens (including phenoxy) is 2. The lowest BCUT2D eigenvalue weighted by Gasteiger charge is -2.42. The van der Waals surface area contributed by atoms with Crippen molar-refractivity contribution in [2.75, 3.05) is 19.6 Å². The molecular weight excluding hydrogens is 304 g/mol. The third-order valence-corrected chi connectivity index (χ3v) is 2.93. The molecule has 23 heavy (non-hydrogen) atoms. The Morgan fingerprint density at radius 2 is 1.39 bits per heavy atom. The largest absolute Gasteiger partial charge is 0.548 e. The van der Waals surface area contributed by atoms with E-state index in [4.69, 9.17) is 9.47 Å². The summed E-state index contributed by atoms with van der Waals surface area (Å²) in [4.78, 5) is 37.8.